The first-order chi connectivity index (χ1) is 9.38. The molecule has 2 heterocycles. The monoisotopic (exact) mass is 297 g/mol. The van der Waals surface area contributed by atoms with E-state index in [-0.39, 0.29) is 6.42 Å². The summed E-state index contributed by atoms with van der Waals surface area (Å²) < 4.78 is 25.6. The highest BCUT2D eigenvalue weighted by molar-refractivity contribution is 7.18. The maximum atomic E-state index is 12.8. The number of fused-ring (bicyclic) bond motifs is 1. The van der Waals surface area contributed by atoms with E-state index in [1.54, 1.807) is 11.3 Å². The number of nitrogens with zero attached hydrogens (tertiary/aromatic N) is 2. The maximum Gasteiger partial charge on any atom is 0.252 e. The second-order valence-corrected chi connectivity index (χ2v) is 6.56. The molecular weight excluding hydrogens is 280 g/mol. The Morgan fingerprint density at radius 1 is 1.30 bits per heavy atom. The third-order valence-electron chi connectivity index (χ3n) is 3.81. The molecular formula is C14H17F2N3S. The van der Waals surface area contributed by atoms with Crippen molar-refractivity contribution >= 4 is 21.6 Å². The molecule has 1 fully saturated rings. The fourth-order valence-electron chi connectivity index (χ4n) is 2.54. The molecule has 6 heteroatoms. The Hall–Kier alpha value is -1.14. The van der Waals surface area contributed by atoms with E-state index in [1.165, 1.54) is 0 Å². The van der Waals surface area contributed by atoms with Crippen molar-refractivity contribution in [3.05, 3.63) is 22.0 Å². The second kappa shape index (κ2) is 4.70. The first-order valence-electron chi connectivity index (χ1n) is 6.70. The van der Waals surface area contributed by atoms with Gasteiger partial charge in [-0.1, -0.05) is 0 Å². The van der Waals surface area contributed by atoms with Crippen LogP contribution in [-0.4, -0.2) is 22.4 Å². The average Bonchev–Trinajstić information content (AvgIpc) is 2.80. The van der Waals surface area contributed by atoms with E-state index in [0.717, 1.165) is 32.2 Å². The lowest BCUT2D eigenvalue weighted by Crippen LogP contribution is -2.18. The fraction of sp³-hybridized carbons (Fsp3) is 0.571. The summed E-state index contributed by atoms with van der Waals surface area (Å²) in [5.41, 5.74) is 2.15. The van der Waals surface area contributed by atoms with Gasteiger partial charge in [0.25, 0.3) is 5.92 Å². The van der Waals surface area contributed by atoms with E-state index in [2.05, 4.69) is 15.3 Å². The van der Waals surface area contributed by atoms with Crippen LogP contribution in [0.1, 0.15) is 28.4 Å². The minimum Gasteiger partial charge on any atom is -0.311 e. The summed E-state index contributed by atoms with van der Waals surface area (Å²) in [5, 5.41) is 4.24. The van der Waals surface area contributed by atoms with Crippen LogP contribution in [0.25, 0.3) is 10.2 Å². The lowest BCUT2D eigenvalue weighted by molar-refractivity contribution is 0.0986. The zero-order valence-corrected chi connectivity index (χ0v) is 12.6. The van der Waals surface area contributed by atoms with Crippen LogP contribution < -0.4 is 5.32 Å². The zero-order chi connectivity index (χ0) is 14.5. The van der Waals surface area contributed by atoms with Gasteiger partial charge >= 0.3 is 0 Å². The molecule has 0 saturated heterocycles. The Balaban J connectivity index is 1.75. The molecule has 1 N–H and O–H groups in total. The number of hydrogen-bond acceptors (Lipinski definition) is 4. The molecule has 1 aliphatic rings. The van der Waals surface area contributed by atoms with Gasteiger partial charge in [-0.3, -0.25) is 0 Å². The van der Waals surface area contributed by atoms with Gasteiger partial charge in [-0.2, -0.15) is 0 Å². The van der Waals surface area contributed by atoms with E-state index in [1.807, 2.05) is 20.8 Å². The highest BCUT2D eigenvalue weighted by Gasteiger charge is 2.56. The van der Waals surface area contributed by atoms with E-state index in [0.29, 0.717) is 13.1 Å². The standard InChI is InChI=1S/C14H17F2N3S/c1-7-11(6-17-5-10-4-14(10,15)16)20-13-12(7)8(2)18-9(3)19-13/h10,17H,4-6H2,1-3H3. The van der Waals surface area contributed by atoms with Crippen molar-refractivity contribution in [1.82, 2.24) is 15.3 Å². The molecule has 1 aliphatic carbocycles. The van der Waals surface area contributed by atoms with Crippen LogP contribution in [0, 0.1) is 26.7 Å². The van der Waals surface area contributed by atoms with Gasteiger partial charge < -0.3 is 5.32 Å². The van der Waals surface area contributed by atoms with Crippen LogP contribution in [0.3, 0.4) is 0 Å². The highest BCUT2D eigenvalue weighted by Crippen LogP contribution is 2.48. The molecule has 3 rings (SSSR count). The summed E-state index contributed by atoms with van der Waals surface area (Å²) in [6, 6.07) is 0. The van der Waals surface area contributed by atoms with Crippen LogP contribution in [0.15, 0.2) is 0 Å². The number of aromatic nitrogens is 2. The molecule has 108 valence electrons. The van der Waals surface area contributed by atoms with Gasteiger partial charge in [0.1, 0.15) is 10.7 Å². The quantitative estimate of drug-likeness (QED) is 0.940. The topological polar surface area (TPSA) is 37.8 Å². The predicted molar refractivity (Wildman–Crippen MR) is 76.4 cm³/mol. The molecule has 2 aromatic rings. The third-order valence-corrected chi connectivity index (χ3v) is 5.00. The zero-order valence-electron chi connectivity index (χ0n) is 11.8. The Morgan fingerprint density at radius 3 is 2.65 bits per heavy atom. The molecule has 0 radical (unpaired) electrons. The summed E-state index contributed by atoms with van der Waals surface area (Å²) in [4.78, 5) is 11.0. The molecule has 1 atom stereocenters. The van der Waals surface area contributed by atoms with E-state index < -0.39 is 11.8 Å². The third kappa shape index (κ3) is 2.42. The van der Waals surface area contributed by atoms with Crippen molar-refractivity contribution in [2.45, 2.75) is 39.7 Å². The molecule has 0 spiro atoms. The minimum atomic E-state index is -2.44. The van der Waals surface area contributed by atoms with Gasteiger partial charge in [0.15, 0.2) is 0 Å². The summed E-state index contributed by atoms with van der Waals surface area (Å²) >= 11 is 1.62. The smallest absolute Gasteiger partial charge is 0.252 e. The number of aryl methyl sites for hydroxylation is 3. The van der Waals surface area contributed by atoms with Crippen LogP contribution >= 0.6 is 11.3 Å². The lowest BCUT2D eigenvalue weighted by Gasteiger charge is -2.03. The van der Waals surface area contributed by atoms with Gasteiger partial charge in [-0.15, -0.1) is 11.3 Å². The minimum absolute atomic E-state index is 0.0230. The number of hydrogen-bond donors (Lipinski definition) is 1. The predicted octanol–water partition coefficient (Wildman–Crippen LogP) is 3.36. The first-order valence-corrected chi connectivity index (χ1v) is 7.52. The molecule has 3 nitrogen and oxygen atoms in total. The first kappa shape index (κ1) is 13.8. The summed E-state index contributed by atoms with van der Waals surface area (Å²) in [7, 11) is 0. The van der Waals surface area contributed by atoms with Crippen molar-refractivity contribution in [3.63, 3.8) is 0 Å². The number of alkyl halides is 2. The van der Waals surface area contributed by atoms with Gasteiger partial charge in [-0.05, 0) is 26.3 Å². The number of thiophene rings is 1. The summed E-state index contributed by atoms with van der Waals surface area (Å²) in [6.07, 6.45) is 0.0230. The molecule has 0 aromatic carbocycles. The van der Waals surface area contributed by atoms with Crippen LogP contribution in [-0.2, 0) is 6.54 Å². The van der Waals surface area contributed by atoms with E-state index in [4.69, 9.17) is 0 Å². The maximum absolute atomic E-state index is 12.8. The van der Waals surface area contributed by atoms with Crippen molar-refractivity contribution in [3.8, 4) is 0 Å². The molecule has 20 heavy (non-hydrogen) atoms. The second-order valence-electron chi connectivity index (χ2n) is 5.48. The van der Waals surface area contributed by atoms with Crippen molar-refractivity contribution in [1.29, 1.82) is 0 Å². The molecule has 1 saturated carbocycles. The molecule has 0 bridgehead atoms. The van der Waals surface area contributed by atoms with Crippen molar-refractivity contribution in [2.24, 2.45) is 5.92 Å². The van der Waals surface area contributed by atoms with E-state index >= 15 is 0 Å². The van der Waals surface area contributed by atoms with Gasteiger partial charge in [0, 0.05) is 41.4 Å². The van der Waals surface area contributed by atoms with Gasteiger partial charge in [0.2, 0.25) is 0 Å². The number of nitrogens with one attached hydrogen (secondary N) is 1. The Kier molecular flexibility index (Phi) is 3.25. The average molecular weight is 297 g/mol. The van der Waals surface area contributed by atoms with Gasteiger partial charge in [0.05, 0.1) is 0 Å². The Labute approximate surface area is 120 Å². The van der Waals surface area contributed by atoms with Crippen LogP contribution in [0.2, 0.25) is 0 Å². The molecule has 1 unspecified atom stereocenters. The van der Waals surface area contributed by atoms with Crippen molar-refractivity contribution < 1.29 is 8.78 Å². The lowest BCUT2D eigenvalue weighted by atomic mass is 10.1. The largest absolute Gasteiger partial charge is 0.311 e. The number of rotatable bonds is 4. The normalized spacial score (nSPS) is 20.6. The molecule has 0 aliphatic heterocycles. The SMILES string of the molecule is Cc1nc(C)c2c(C)c(CNCC3CC3(F)F)sc2n1. The molecule has 0 amide bonds. The fourth-order valence-corrected chi connectivity index (χ4v) is 3.78. The van der Waals surface area contributed by atoms with Crippen LogP contribution in [0.5, 0.6) is 0 Å². The van der Waals surface area contributed by atoms with Crippen LogP contribution in [0.4, 0.5) is 8.78 Å². The summed E-state index contributed by atoms with van der Waals surface area (Å²) in [5.74, 6) is -2.16. The molecule has 2 aromatic heterocycles. The summed E-state index contributed by atoms with van der Waals surface area (Å²) in [6.45, 7) is 6.92. The van der Waals surface area contributed by atoms with E-state index in [9.17, 15) is 8.78 Å². The van der Waals surface area contributed by atoms with Gasteiger partial charge in [-0.25, -0.2) is 18.7 Å². The highest BCUT2D eigenvalue weighted by atomic mass is 32.1. The van der Waals surface area contributed by atoms with Crippen molar-refractivity contribution in [2.75, 3.05) is 6.54 Å². The Morgan fingerprint density at radius 2 is 2.00 bits per heavy atom. The number of halogens is 2. The Bertz CT molecular complexity index is 666.